The summed E-state index contributed by atoms with van der Waals surface area (Å²) < 4.78 is 11.2. The first-order valence-corrected chi connectivity index (χ1v) is 8.08. The summed E-state index contributed by atoms with van der Waals surface area (Å²) in [5.41, 5.74) is 2.47. The summed E-state index contributed by atoms with van der Waals surface area (Å²) in [6, 6.07) is 12.3. The van der Waals surface area contributed by atoms with Gasteiger partial charge in [-0.15, -0.1) is 0 Å². The minimum absolute atomic E-state index is 0.0560. The Kier molecular flexibility index (Phi) is 4.57. The molecule has 0 fully saturated rings. The summed E-state index contributed by atoms with van der Waals surface area (Å²) in [6.07, 6.45) is 0. The van der Waals surface area contributed by atoms with Crippen molar-refractivity contribution < 1.29 is 18.7 Å². The second-order valence-electron chi connectivity index (χ2n) is 5.74. The first-order valence-electron chi connectivity index (χ1n) is 8.08. The fourth-order valence-electron chi connectivity index (χ4n) is 2.68. The van der Waals surface area contributed by atoms with Crippen molar-refractivity contribution >= 4 is 28.3 Å². The van der Waals surface area contributed by atoms with E-state index in [4.69, 9.17) is 9.15 Å². The third kappa shape index (κ3) is 3.40. The zero-order chi connectivity index (χ0) is 18.0. The summed E-state index contributed by atoms with van der Waals surface area (Å²) in [5.74, 6) is 0.573. The van der Waals surface area contributed by atoms with E-state index in [0.29, 0.717) is 23.4 Å². The molecule has 0 aliphatic heterocycles. The molecule has 5 nitrogen and oxygen atoms in total. The van der Waals surface area contributed by atoms with E-state index < -0.39 is 0 Å². The first-order chi connectivity index (χ1) is 12.0. The van der Waals surface area contributed by atoms with Crippen molar-refractivity contribution in [2.24, 2.45) is 0 Å². The van der Waals surface area contributed by atoms with Gasteiger partial charge in [-0.05, 0) is 51.1 Å². The van der Waals surface area contributed by atoms with Gasteiger partial charge in [0.05, 0.1) is 6.61 Å². The smallest absolute Gasteiger partial charge is 0.291 e. The maximum absolute atomic E-state index is 12.6. The number of fused-ring (bicyclic) bond motifs is 1. The van der Waals surface area contributed by atoms with Crippen LogP contribution in [0.5, 0.6) is 5.75 Å². The number of hydrogen-bond donors (Lipinski definition) is 1. The third-order valence-corrected chi connectivity index (χ3v) is 3.95. The number of ether oxygens (including phenoxy) is 1. The molecule has 0 spiro atoms. The molecule has 0 aliphatic rings. The summed E-state index contributed by atoms with van der Waals surface area (Å²) >= 11 is 0. The lowest BCUT2D eigenvalue weighted by molar-refractivity contribution is 0.0993. The van der Waals surface area contributed by atoms with Crippen LogP contribution in [0.1, 0.15) is 40.3 Å². The quantitative estimate of drug-likeness (QED) is 0.691. The highest BCUT2D eigenvalue weighted by atomic mass is 16.5. The number of anilines is 1. The van der Waals surface area contributed by atoms with Crippen molar-refractivity contribution in [3.63, 3.8) is 0 Å². The fraction of sp³-hybridized carbons (Fsp3) is 0.200. The summed E-state index contributed by atoms with van der Waals surface area (Å²) in [6.45, 7) is 5.81. The molecule has 3 rings (SSSR count). The Morgan fingerprint density at radius 3 is 2.68 bits per heavy atom. The van der Waals surface area contributed by atoms with Crippen LogP contribution in [0.3, 0.4) is 0 Å². The standard InChI is InChI=1S/C20H19NO4/c1-4-24-16-8-9-18-17(11-16)12(2)19(25-18)20(23)21-15-7-5-6-14(10-15)13(3)22/h5-11H,4H2,1-3H3,(H,21,23). The number of carbonyl (C=O) groups excluding carboxylic acids is 2. The van der Waals surface area contributed by atoms with E-state index in [-0.39, 0.29) is 17.5 Å². The molecule has 25 heavy (non-hydrogen) atoms. The Bertz CT molecular complexity index is 955. The molecule has 0 atom stereocenters. The molecule has 3 aromatic rings. The number of hydrogen-bond acceptors (Lipinski definition) is 4. The number of rotatable bonds is 5. The average Bonchev–Trinajstić information content (AvgIpc) is 2.92. The van der Waals surface area contributed by atoms with E-state index in [1.54, 1.807) is 30.3 Å². The van der Waals surface area contributed by atoms with Crippen molar-refractivity contribution in [2.45, 2.75) is 20.8 Å². The van der Waals surface area contributed by atoms with Crippen LogP contribution < -0.4 is 10.1 Å². The van der Waals surface area contributed by atoms with Crippen LogP contribution in [0.25, 0.3) is 11.0 Å². The molecule has 0 saturated heterocycles. The Hall–Kier alpha value is -3.08. The molecule has 0 saturated carbocycles. The zero-order valence-corrected chi connectivity index (χ0v) is 14.4. The van der Waals surface area contributed by atoms with Gasteiger partial charge in [-0.2, -0.15) is 0 Å². The minimum atomic E-state index is -0.354. The van der Waals surface area contributed by atoms with Gasteiger partial charge in [0.15, 0.2) is 11.5 Å². The van der Waals surface area contributed by atoms with Gasteiger partial charge in [0.2, 0.25) is 0 Å². The van der Waals surface area contributed by atoms with E-state index in [1.807, 2.05) is 26.0 Å². The molecular weight excluding hydrogens is 318 g/mol. The highest BCUT2D eigenvalue weighted by Crippen LogP contribution is 2.29. The van der Waals surface area contributed by atoms with Gasteiger partial charge in [-0.3, -0.25) is 9.59 Å². The van der Waals surface area contributed by atoms with E-state index >= 15 is 0 Å². The molecule has 0 bridgehead atoms. The van der Waals surface area contributed by atoms with E-state index in [2.05, 4.69) is 5.32 Å². The van der Waals surface area contributed by atoms with Crippen LogP contribution >= 0.6 is 0 Å². The predicted octanol–water partition coefficient (Wildman–Crippen LogP) is 4.59. The number of nitrogens with one attached hydrogen (secondary N) is 1. The molecular formula is C20H19NO4. The van der Waals surface area contributed by atoms with Gasteiger partial charge >= 0.3 is 0 Å². The number of furan rings is 1. The Morgan fingerprint density at radius 1 is 1.16 bits per heavy atom. The van der Waals surface area contributed by atoms with Gasteiger partial charge in [-0.25, -0.2) is 0 Å². The monoisotopic (exact) mass is 337 g/mol. The van der Waals surface area contributed by atoms with Crippen LogP contribution in [0.15, 0.2) is 46.9 Å². The van der Waals surface area contributed by atoms with Gasteiger partial charge in [0, 0.05) is 22.2 Å². The second-order valence-corrected chi connectivity index (χ2v) is 5.74. The molecule has 5 heteroatoms. The molecule has 1 N–H and O–H groups in total. The number of carbonyl (C=O) groups is 2. The lowest BCUT2D eigenvalue weighted by Gasteiger charge is -2.05. The third-order valence-electron chi connectivity index (χ3n) is 3.95. The summed E-state index contributed by atoms with van der Waals surface area (Å²) in [7, 11) is 0. The predicted molar refractivity (Wildman–Crippen MR) is 96.5 cm³/mol. The average molecular weight is 337 g/mol. The second kappa shape index (κ2) is 6.81. The highest BCUT2D eigenvalue weighted by molar-refractivity contribution is 6.07. The molecule has 1 heterocycles. The number of ketones is 1. The van der Waals surface area contributed by atoms with Crippen molar-refractivity contribution in [1.82, 2.24) is 0 Å². The van der Waals surface area contributed by atoms with Crippen LogP contribution in [-0.4, -0.2) is 18.3 Å². The number of benzene rings is 2. The zero-order valence-electron chi connectivity index (χ0n) is 14.4. The SMILES string of the molecule is CCOc1ccc2oc(C(=O)Nc3cccc(C(C)=O)c3)c(C)c2c1. The van der Waals surface area contributed by atoms with Crippen molar-refractivity contribution in [3.8, 4) is 5.75 Å². The summed E-state index contributed by atoms with van der Waals surface area (Å²) in [4.78, 5) is 24.0. The fourth-order valence-corrected chi connectivity index (χ4v) is 2.68. The van der Waals surface area contributed by atoms with Crippen LogP contribution in [0, 0.1) is 6.92 Å². The van der Waals surface area contributed by atoms with Gasteiger partial charge in [0.25, 0.3) is 5.91 Å². The molecule has 2 aromatic carbocycles. The Labute approximate surface area is 145 Å². The van der Waals surface area contributed by atoms with E-state index in [0.717, 1.165) is 16.7 Å². The molecule has 0 radical (unpaired) electrons. The number of aryl methyl sites for hydroxylation is 1. The topological polar surface area (TPSA) is 68.5 Å². The molecule has 1 aromatic heterocycles. The van der Waals surface area contributed by atoms with Gasteiger partial charge < -0.3 is 14.5 Å². The van der Waals surface area contributed by atoms with Crippen molar-refractivity contribution in [1.29, 1.82) is 0 Å². The molecule has 128 valence electrons. The largest absolute Gasteiger partial charge is 0.494 e. The lowest BCUT2D eigenvalue weighted by atomic mass is 10.1. The lowest BCUT2D eigenvalue weighted by Crippen LogP contribution is -2.12. The number of Topliss-reactive ketones (excluding diaryl/α,β-unsaturated/α-hetero) is 1. The van der Waals surface area contributed by atoms with Crippen LogP contribution in [0.2, 0.25) is 0 Å². The Morgan fingerprint density at radius 2 is 1.96 bits per heavy atom. The molecule has 1 amide bonds. The van der Waals surface area contributed by atoms with Gasteiger partial charge in [0.1, 0.15) is 11.3 Å². The maximum atomic E-state index is 12.6. The molecule has 0 aliphatic carbocycles. The van der Waals surface area contributed by atoms with Crippen LogP contribution in [0.4, 0.5) is 5.69 Å². The summed E-state index contributed by atoms with van der Waals surface area (Å²) in [5, 5.41) is 3.62. The minimum Gasteiger partial charge on any atom is -0.494 e. The first kappa shape index (κ1) is 16.8. The van der Waals surface area contributed by atoms with Gasteiger partial charge in [-0.1, -0.05) is 12.1 Å². The molecule has 0 unspecified atom stereocenters. The van der Waals surface area contributed by atoms with E-state index in [9.17, 15) is 9.59 Å². The highest BCUT2D eigenvalue weighted by Gasteiger charge is 2.18. The maximum Gasteiger partial charge on any atom is 0.291 e. The van der Waals surface area contributed by atoms with Crippen LogP contribution in [-0.2, 0) is 0 Å². The van der Waals surface area contributed by atoms with E-state index in [1.165, 1.54) is 6.92 Å². The van der Waals surface area contributed by atoms with Crippen molar-refractivity contribution in [3.05, 3.63) is 59.4 Å². The number of amides is 1. The normalized spacial score (nSPS) is 10.7. The van der Waals surface area contributed by atoms with Crippen molar-refractivity contribution in [2.75, 3.05) is 11.9 Å². The Balaban J connectivity index is 1.90.